The van der Waals surface area contributed by atoms with Crippen LogP contribution in [0.15, 0.2) is 30.3 Å². The number of carbonyl (C=O) groups excluding carboxylic acids is 1. The molecule has 0 bridgehead atoms. The number of alkyl halides is 3. The minimum atomic E-state index is -4.41. The number of carbonyl (C=O) groups is 1. The quantitative estimate of drug-likeness (QED) is 0.757. The van der Waals surface area contributed by atoms with Crippen LogP contribution in [0.2, 0.25) is 0 Å². The fourth-order valence-corrected chi connectivity index (χ4v) is 3.09. The Bertz CT molecular complexity index is 848. The molecule has 0 aliphatic carbocycles. The van der Waals surface area contributed by atoms with Gasteiger partial charge >= 0.3 is 6.18 Å². The Morgan fingerprint density at radius 2 is 1.76 bits per heavy atom. The zero-order valence-corrected chi connectivity index (χ0v) is 16.4. The summed E-state index contributed by atoms with van der Waals surface area (Å²) in [6.07, 6.45) is -3.54. The molecule has 1 aromatic carbocycles. The lowest BCUT2D eigenvalue weighted by atomic mass is 10.1. The topological polar surface area (TPSA) is 58.6 Å². The molecule has 0 N–H and O–H groups in total. The first-order valence-corrected chi connectivity index (χ1v) is 9.48. The zero-order chi connectivity index (χ0) is 21.0. The lowest BCUT2D eigenvalue weighted by molar-refractivity contribution is -0.137. The van der Waals surface area contributed by atoms with Crippen molar-refractivity contribution < 1.29 is 22.7 Å². The molecule has 1 saturated heterocycles. The van der Waals surface area contributed by atoms with Crippen LogP contribution in [0.25, 0.3) is 0 Å². The molecular formula is C20H23F3N4O2. The predicted molar refractivity (Wildman–Crippen MR) is 102 cm³/mol. The fraction of sp³-hybridized carbons (Fsp3) is 0.450. The summed E-state index contributed by atoms with van der Waals surface area (Å²) in [4.78, 5) is 25.0. The second-order valence-electron chi connectivity index (χ2n) is 6.81. The molecule has 6 nitrogen and oxygen atoms in total. The highest BCUT2D eigenvalue weighted by Crippen LogP contribution is 2.29. The monoisotopic (exact) mass is 408 g/mol. The number of nitrogens with zero attached hydrogens (tertiary/aromatic N) is 4. The lowest BCUT2D eigenvalue weighted by Crippen LogP contribution is -2.49. The van der Waals surface area contributed by atoms with Gasteiger partial charge in [-0.25, -0.2) is 4.98 Å². The van der Waals surface area contributed by atoms with Crippen LogP contribution in [0, 0.1) is 6.92 Å². The van der Waals surface area contributed by atoms with Crippen molar-refractivity contribution in [2.24, 2.45) is 0 Å². The van der Waals surface area contributed by atoms with Crippen LogP contribution in [-0.2, 0) is 6.18 Å². The van der Waals surface area contributed by atoms with Crippen molar-refractivity contribution in [2.45, 2.75) is 26.4 Å². The average molecular weight is 408 g/mol. The second-order valence-corrected chi connectivity index (χ2v) is 6.81. The summed E-state index contributed by atoms with van der Waals surface area (Å²) < 4.78 is 43.7. The third-order valence-corrected chi connectivity index (χ3v) is 4.61. The van der Waals surface area contributed by atoms with Gasteiger partial charge in [0.25, 0.3) is 5.91 Å². The number of aromatic nitrogens is 2. The SMILES string of the molecule is CCCOc1cc(N2CCN(C(=O)c3ccc(C(F)(F)F)cc3)CC2)nc(C)n1. The van der Waals surface area contributed by atoms with Crippen LogP contribution in [0.5, 0.6) is 5.88 Å². The van der Waals surface area contributed by atoms with Crippen molar-refractivity contribution in [3.05, 3.63) is 47.3 Å². The number of halogens is 3. The largest absolute Gasteiger partial charge is 0.478 e. The molecule has 29 heavy (non-hydrogen) atoms. The maximum absolute atomic E-state index is 12.7. The van der Waals surface area contributed by atoms with Gasteiger partial charge in [0.1, 0.15) is 11.6 Å². The molecule has 156 valence electrons. The molecule has 2 heterocycles. The van der Waals surface area contributed by atoms with Crippen molar-refractivity contribution in [3.63, 3.8) is 0 Å². The van der Waals surface area contributed by atoms with E-state index in [9.17, 15) is 18.0 Å². The minimum absolute atomic E-state index is 0.250. The highest BCUT2D eigenvalue weighted by Gasteiger charge is 2.31. The van der Waals surface area contributed by atoms with E-state index in [1.165, 1.54) is 12.1 Å². The summed E-state index contributed by atoms with van der Waals surface area (Å²) in [5, 5.41) is 0. The molecule has 0 saturated carbocycles. The zero-order valence-electron chi connectivity index (χ0n) is 16.4. The van der Waals surface area contributed by atoms with Crippen molar-refractivity contribution in [1.82, 2.24) is 14.9 Å². The Balaban J connectivity index is 1.63. The molecule has 1 aliphatic heterocycles. The van der Waals surface area contributed by atoms with E-state index >= 15 is 0 Å². The molecule has 1 aromatic heterocycles. The third kappa shape index (κ3) is 5.16. The number of hydrogen-bond donors (Lipinski definition) is 0. The Morgan fingerprint density at radius 1 is 1.10 bits per heavy atom. The summed E-state index contributed by atoms with van der Waals surface area (Å²) in [7, 11) is 0. The minimum Gasteiger partial charge on any atom is -0.478 e. The lowest BCUT2D eigenvalue weighted by Gasteiger charge is -2.35. The number of ether oxygens (including phenoxy) is 1. The molecule has 9 heteroatoms. The fourth-order valence-electron chi connectivity index (χ4n) is 3.09. The van der Waals surface area contributed by atoms with Crippen molar-refractivity contribution in [3.8, 4) is 5.88 Å². The van der Waals surface area contributed by atoms with Gasteiger partial charge in [-0.3, -0.25) is 4.79 Å². The Morgan fingerprint density at radius 3 is 2.34 bits per heavy atom. The van der Waals surface area contributed by atoms with Gasteiger partial charge < -0.3 is 14.5 Å². The van der Waals surface area contributed by atoms with Gasteiger partial charge in [0.2, 0.25) is 5.88 Å². The van der Waals surface area contributed by atoms with Gasteiger partial charge in [-0.15, -0.1) is 0 Å². The highest BCUT2D eigenvalue weighted by atomic mass is 19.4. The molecule has 3 rings (SSSR count). The van der Waals surface area contributed by atoms with E-state index in [-0.39, 0.29) is 11.5 Å². The van der Waals surface area contributed by atoms with Gasteiger partial charge in [-0.2, -0.15) is 18.2 Å². The van der Waals surface area contributed by atoms with E-state index < -0.39 is 11.7 Å². The third-order valence-electron chi connectivity index (χ3n) is 4.61. The van der Waals surface area contributed by atoms with Gasteiger partial charge in [0.05, 0.1) is 12.2 Å². The molecule has 0 atom stereocenters. The summed E-state index contributed by atoms with van der Waals surface area (Å²) >= 11 is 0. The van der Waals surface area contributed by atoms with Crippen molar-refractivity contribution in [1.29, 1.82) is 0 Å². The summed E-state index contributed by atoms with van der Waals surface area (Å²) in [5.74, 6) is 1.60. The first-order valence-electron chi connectivity index (χ1n) is 9.48. The second kappa shape index (κ2) is 8.67. The summed E-state index contributed by atoms with van der Waals surface area (Å²) in [5.41, 5.74) is -0.515. The van der Waals surface area contributed by atoms with Crippen molar-refractivity contribution >= 4 is 11.7 Å². The Labute approximate surface area is 167 Å². The number of hydrogen-bond acceptors (Lipinski definition) is 5. The van der Waals surface area contributed by atoms with Gasteiger partial charge in [0.15, 0.2) is 0 Å². The number of rotatable bonds is 5. The van der Waals surface area contributed by atoms with Crippen LogP contribution in [0.1, 0.15) is 35.1 Å². The van der Waals surface area contributed by atoms with Gasteiger partial charge in [0, 0.05) is 37.8 Å². The maximum atomic E-state index is 12.7. The molecular weight excluding hydrogens is 385 g/mol. The Hall–Kier alpha value is -2.84. The molecule has 0 spiro atoms. The number of aryl methyl sites for hydroxylation is 1. The molecule has 0 radical (unpaired) electrons. The average Bonchev–Trinajstić information content (AvgIpc) is 2.71. The number of amides is 1. The Kier molecular flexibility index (Phi) is 6.24. The van der Waals surface area contributed by atoms with E-state index in [1.807, 2.05) is 11.8 Å². The van der Waals surface area contributed by atoms with Crippen LogP contribution >= 0.6 is 0 Å². The number of anilines is 1. The van der Waals surface area contributed by atoms with Crippen LogP contribution in [-0.4, -0.2) is 53.6 Å². The molecule has 1 fully saturated rings. The smallest absolute Gasteiger partial charge is 0.416 e. The molecule has 1 aliphatic rings. The van der Waals surface area contributed by atoms with E-state index in [0.717, 1.165) is 24.4 Å². The summed E-state index contributed by atoms with van der Waals surface area (Å²) in [6.45, 7) is 6.42. The van der Waals surface area contributed by atoms with E-state index in [4.69, 9.17) is 4.74 Å². The molecule has 2 aromatic rings. The maximum Gasteiger partial charge on any atom is 0.416 e. The molecule has 0 unspecified atom stereocenters. The van der Waals surface area contributed by atoms with E-state index in [1.54, 1.807) is 17.9 Å². The first kappa shape index (κ1) is 20.9. The number of benzene rings is 1. The van der Waals surface area contributed by atoms with Crippen LogP contribution in [0.3, 0.4) is 0 Å². The highest BCUT2D eigenvalue weighted by molar-refractivity contribution is 5.94. The molecule has 1 amide bonds. The normalized spacial score (nSPS) is 14.8. The first-order chi connectivity index (χ1) is 13.8. The van der Waals surface area contributed by atoms with Crippen molar-refractivity contribution in [2.75, 3.05) is 37.7 Å². The van der Waals surface area contributed by atoms with Gasteiger partial charge in [-0.05, 0) is 37.6 Å². The number of piperazine rings is 1. The van der Waals surface area contributed by atoms with E-state index in [2.05, 4.69) is 9.97 Å². The standard InChI is InChI=1S/C20H23F3N4O2/c1-3-12-29-18-13-17(24-14(2)25-18)26-8-10-27(11-9-26)19(28)15-4-6-16(7-5-15)20(21,22)23/h4-7,13H,3,8-12H2,1-2H3. The summed E-state index contributed by atoms with van der Waals surface area (Å²) in [6, 6.07) is 6.11. The van der Waals surface area contributed by atoms with E-state index in [0.29, 0.717) is 44.5 Å². The van der Waals surface area contributed by atoms with Gasteiger partial charge in [-0.1, -0.05) is 6.92 Å². The van der Waals surface area contributed by atoms with Crippen LogP contribution < -0.4 is 9.64 Å². The predicted octanol–water partition coefficient (Wildman–Crippen LogP) is 3.56. The van der Waals surface area contributed by atoms with Crippen LogP contribution in [0.4, 0.5) is 19.0 Å².